The summed E-state index contributed by atoms with van der Waals surface area (Å²) in [5.41, 5.74) is 3.02. The van der Waals surface area contributed by atoms with Crippen LogP contribution in [-0.4, -0.2) is 22.5 Å². The van der Waals surface area contributed by atoms with Gasteiger partial charge in [0.2, 0.25) is 0 Å². The van der Waals surface area contributed by atoms with E-state index in [4.69, 9.17) is 0 Å². The van der Waals surface area contributed by atoms with Gasteiger partial charge in [-0.3, -0.25) is 4.90 Å². The van der Waals surface area contributed by atoms with Crippen LogP contribution in [0.1, 0.15) is 57.3 Å². The van der Waals surface area contributed by atoms with Gasteiger partial charge in [-0.25, -0.2) is 0 Å². The molecule has 2 heterocycles. The highest BCUT2D eigenvalue weighted by Crippen LogP contribution is 2.35. The molecule has 0 radical (unpaired) electrons. The van der Waals surface area contributed by atoms with Gasteiger partial charge in [-0.15, -0.1) is 0 Å². The summed E-state index contributed by atoms with van der Waals surface area (Å²) in [6.07, 6.45) is 7.05. The Labute approximate surface area is 99.0 Å². The monoisotopic (exact) mass is 220 g/mol. The minimum absolute atomic E-state index is 0.639. The molecule has 0 aromatic carbocycles. The van der Waals surface area contributed by atoms with Gasteiger partial charge in [-0.2, -0.15) is 0 Å². The van der Waals surface area contributed by atoms with Gasteiger partial charge in [0, 0.05) is 30.4 Å². The van der Waals surface area contributed by atoms with Gasteiger partial charge < -0.3 is 4.98 Å². The molecule has 1 N–H and O–H groups in total. The number of nitrogens with one attached hydrogen (secondary N) is 1. The number of rotatable bonds is 4. The van der Waals surface area contributed by atoms with Crippen molar-refractivity contribution in [3.8, 4) is 0 Å². The highest BCUT2D eigenvalue weighted by Gasteiger charge is 2.32. The first-order chi connectivity index (χ1) is 7.81. The summed E-state index contributed by atoms with van der Waals surface area (Å²) in [5, 5.41) is 0. The van der Waals surface area contributed by atoms with Crippen molar-refractivity contribution in [2.45, 2.75) is 58.5 Å². The number of H-pyrrole nitrogens is 1. The van der Waals surface area contributed by atoms with E-state index in [2.05, 4.69) is 42.9 Å². The summed E-state index contributed by atoms with van der Waals surface area (Å²) in [4.78, 5) is 6.14. The van der Waals surface area contributed by atoms with Crippen molar-refractivity contribution in [2.24, 2.45) is 0 Å². The fourth-order valence-corrected chi connectivity index (χ4v) is 3.12. The quantitative estimate of drug-likeness (QED) is 0.822. The topological polar surface area (TPSA) is 19.0 Å². The fourth-order valence-electron chi connectivity index (χ4n) is 3.12. The molecule has 0 bridgehead atoms. The van der Waals surface area contributed by atoms with Gasteiger partial charge in [0.25, 0.3) is 0 Å². The van der Waals surface area contributed by atoms with Gasteiger partial charge in [0.15, 0.2) is 0 Å². The van der Waals surface area contributed by atoms with Crippen molar-refractivity contribution < 1.29 is 0 Å². The molecule has 0 spiro atoms. The van der Waals surface area contributed by atoms with E-state index in [0.29, 0.717) is 6.04 Å². The van der Waals surface area contributed by atoms with E-state index in [1.165, 1.54) is 37.9 Å². The molecule has 1 aromatic heterocycles. The lowest BCUT2D eigenvalue weighted by Gasteiger charge is -2.41. The molecule has 0 unspecified atom stereocenters. The predicted molar refractivity (Wildman–Crippen MR) is 68.6 cm³/mol. The van der Waals surface area contributed by atoms with E-state index in [-0.39, 0.29) is 0 Å². The van der Waals surface area contributed by atoms with Crippen LogP contribution < -0.4 is 0 Å². The SMILES string of the molecule is CCCN1[C@H](CC)Cc2[nH]ccc2[C@H]1CC. The maximum Gasteiger partial charge on any atom is 0.0366 e. The molecule has 0 amide bonds. The van der Waals surface area contributed by atoms with Crippen LogP contribution in [0.5, 0.6) is 0 Å². The number of aromatic amines is 1. The summed E-state index contributed by atoms with van der Waals surface area (Å²) < 4.78 is 0. The average Bonchev–Trinajstić information content (AvgIpc) is 2.76. The van der Waals surface area contributed by atoms with Crippen LogP contribution >= 0.6 is 0 Å². The minimum atomic E-state index is 0.639. The van der Waals surface area contributed by atoms with Crippen molar-refractivity contribution >= 4 is 0 Å². The Kier molecular flexibility index (Phi) is 3.70. The number of aromatic nitrogens is 1. The van der Waals surface area contributed by atoms with Gasteiger partial charge in [0.05, 0.1) is 0 Å². The van der Waals surface area contributed by atoms with Gasteiger partial charge in [-0.05, 0) is 37.4 Å². The lowest BCUT2D eigenvalue weighted by atomic mass is 9.90. The van der Waals surface area contributed by atoms with E-state index < -0.39 is 0 Å². The van der Waals surface area contributed by atoms with Crippen molar-refractivity contribution in [3.63, 3.8) is 0 Å². The Balaban J connectivity index is 2.29. The van der Waals surface area contributed by atoms with Gasteiger partial charge in [-0.1, -0.05) is 20.8 Å². The summed E-state index contributed by atoms with van der Waals surface area (Å²) in [6, 6.07) is 3.65. The normalized spacial score (nSPS) is 25.7. The third-order valence-electron chi connectivity index (χ3n) is 3.88. The molecule has 1 aliphatic heterocycles. The fraction of sp³-hybridized carbons (Fsp3) is 0.714. The summed E-state index contributed by atoms with van der Waals surface area (Å²) in [7, 11) is 0. The van der Waals surface area contributed by atoms with Crippen LogP contribution in [0.15, 0.2) is 12.3 Å². The van der Waals surface area contributed by atoms with Crippen LogP contribution in [0.25, 0.3) is 0 Å². The molecule has 1 aromatic rings. The third kappa shape index (κ3) is 1.91. The Bertz CT molecular complexity index is 329. The predicted octanol–water partition coefficient (Wildman–Crippen LogP) is 3.51. The number of hydrogen-bond donors (Lipinski definition) is 1. The van der Waals surface area contributed by atoms with E-state index in [1.807, 2.05) is 0 Å². The Morgan fingerprint density at radius 1 is 1.31 bits per heavy atom. The molecule has 1 aliphatic rings. The molecule has 90 valence electrons. The number of fused-ring (bicyclic) bond motifs is 1. The Hall–Kier alpha value is -0.760. The Morgan fingerprint density at radius 3 is 2.75 bits per heavy atom. The van der Waals surface area contributed by atoms with Crippen LogP contribution in [-0.2, 0) is 6.42 Å². The second kappa shape index (κ2) is 5.05. The molecular formula is C14H24N2. The minimum Gasteiger partial charge on any atom is -0.365 e. The molecule has 2 atom stereocenters. The molecule has 0 saturated carbocycles. The standard InChI is InChI=1S/C14H24N2/c1-4-9-16-11(5-2)10-13-12(7-8-15-13)14(16)6-3/h7-8,11,14-15H,4-6,9-10H2,1-3H3/t11-,14-/m1/s1. The van der Waals surface area contributed by atoms with Gasteiger partial charge in [0.1, 0.15) is 0 Å². The maximum atomic E-state index is 3.42. The first-order valence-electron chi connectivity index (χ1n) is 6.73. The lowest BCUT2D eigenvalue weighted by molar-refractivity contribution is 0.109. The summed E-state index contributed by atoms with van der Waals surface area (Å²) in [5.74, 6) is 0. The Morgan fingerprint density at radius 2 is 2.12 bits per heavy atom. The number of hydrogen-bond acceptors (Lipinski definition) is 1. The second-order valence-corrected chi connectivity index (χ2v) is 4.84. The molecule has 2 heteroatoms. The van der Waals surface area contributed by atoms with Crippen molar-refractivity contribution in [1.82, 2.24) is 9.88 Å². The summed E-state index contributed by atoms with van der Waals surface area (Å²) >= 11 is 0. The zero-order valence-electron chi connectivity index (χ0n) is 10.8. The third-order valence-corrected chi connectivity index (χ3v) is 3.88. The van der Waals surface area contributed by atoms with E-state index in [1.54, 1.807) is 5.56 Å². The number of nitrogens with zero attached hydrogens (tertiary/aromatic N) is 1. The zero-order chi connectivity index (χ0) is 11.5. The van der Waals surface area contributed by atoms with Crippen molar-refractivity contribution in [1.29, 1.82) is 0 Å². The maximum absolute atomic E-state index is 3.42. The van der Waals surface area contributed by atoms with Crippen LogP contribution in [0.2, 0.25) is 0 Å². The van der Waals surface area contributed by atoms with E-state index in [0.717, 1.165) is 6.04 Å². The van der Waals surface area contributed by atoms with Crippen LogP contribution in [0, 0.1) is 0 Å². The lowest BCUT2D eigenvalue weighted by Crippen LogP contribution is -2.43. The molecular weight excluding hydrogens is 196 g/mol. The molecule has 0 saturated heterocycles. The summed E-state index contributed by atoms with van der Waals surface area (Å²) in [6.45, 7) is 8.14. The zero-order valence-corrected chi connectivity index (χ0v) is 10.8. The highest BCUT2D eigenvalue weighted by molar-refractivity contribution is 5.28. The molecule has 2 nitrogen and oxygen atoms in total. The van der Waals surface area contributed by atoms with Crippen LogP contribution in [0.3, 0.4) is 0 Å². The van der Waals surface area contributed by atoms with Gasteiger partial charge >= 0.3 is 0 Å². The molecule has 0 fully saturated rings. The smallest absolute Gasteiger partial charge is 0.0366 e. The molecule has 2 rings (SSSR count). The van der Waals surface area contributed by atoms with Crippen molar-refractivity contribution in [2.75, 3.05) is 6.54 Å². The molecule has 16 heavy (non-hydrogen) atoms. The highest BCUT2D eigenvalue weighted by atomic mass is 15.2. The van der Waals surface area contributed by atoms with Crippen molar-refractivity contribution in [3.05, 3.63) is 23.5 Å². The van der Waals surface area contributed by atoms with Crippen LogP contribution in [0.4, 0.5) is 0 Å². The first-order valence-corrected chi connectivity index (χ1v) is 6.73. The van der Waals surface area contributed by atoms with E-state index in [9.17, 15) is 0 Å². The second-order valence-electron chi connectivity index (χ2n) is 4.84. The first kappa shape index (κ1) is 11.7. The van der Waals surface area contributed by atoms with E-state index >= 15 is 0 Å². The molecule has 0 aliphatic carbocycles. The average molecular weight is 220 g/mol. The largest absolute Gasteiger partial charge is 0.365 e.